The summed E-state index contributed by atoms with van der Waals surface area (Å²) in [7, 11) is 0. The zero-order valence-corrected chi connectivity index (χ0v) is 10.1. The van der Waals surface area contributed by atoms with Crippen molar-refractivity contribution in [3.63, 3.8) is 0 Å². The fraction of sp³-hybridized carbons (Fsp3) is 0.250. The van der Waals surface area contributed by atoms with Crippen LogP contribution >= 0.6 is 12.2 Å². The number of H-pyrrole nitrogens is 1. The Morgan fingerprint density at radius 2 is 2.12 bits per heavy atom. The molecule has 1 N–H and O–H groups in total. The number of nitrogens with one attached hydrogen (secondary N) is 1. The van der Waals surface area contributed by atoms with Crippen molar-refractivity contribution in [2.24, 2.45) is 0 Å². The van der Waals surface area contributed by atoms with Gasteiger partial charge >= 0.3 is 0 Å². The number of benzene rings is 1. The van der Waals surface area contributed by atoms with E-state index in [-0.39, 0.29) is 5.82 Å². The average molecular weight is 236 g/mol. The van der Waals surface area contributed by atoms with Crippen LogP contribution in [0.25, 0.3) is 5.69 Å². The maximum atomic E-state index is 13.0. The Labute approximate surface area is 98.7 Å². The molecule has 0 saturated heterocycles. The molecule has 0 unspecified atom stereocenters. The van der Waals surface area contributed by atoms with Crippen molar-refractivity contribution < 1.29 is 4.39 Å². The zero-order chi connectivity index (χ0) is 11.7. The van der Waals surface area contributed by atoms with Gasteiger partial charge < -0.3 is 0 Å². The van der Waals surface area contributed by atoms with E-state index in [1.165, 1.54) is 12.1 Å². The first-order valence-electron chi connectivity index (χ1n) is 5.19. The topological polar surface area (TPSA) is 20.7 Å². The van der Waals surface area contributed by atoms with Crippen LogP contribution in [0.15, 0.2) is 24.3 Å². The van der Waals surface area contributed by atoms with Gasteiger partial charge in [-0.3, -0.25) is 5.10 Å². The molecule has 0 atom stereocenters. The van der Waals surface area contributed by atoms with E-state index in [1.807, 2.05) is 17.7 Å². The number of aryl methyl sites for hydroxylation is 2. The second kappa shape index (κ2) is 4.22. The summed E-state index contributed by atoms with van der Waals surface area (Å²) in [6, 6.07) is 6.61. The second-order valence-electron chi connectivity index (χ2n) is 3.74. The van der Waals surface area contributed by atoms with Crippen LogP contribution in [0.5, 0.6) is 0 Å². The van der Waals surface area contributed by atoms with E-state index in [0.717, 1.165) is 23.4 Å². The molecule has 4 heteroatoms. The molecule has 0 amide bonds. The highest BCUT2D eigenvalue weighted by Gasteiger charge is 2.05. The molecule has 84 valence electrons. The maximum Gasteiger partial charge on any atom is 0.127 e. The lowest BCUT2D eigenvalue weighted by atomic mass is 10.2. The van der Waals surface area contributed by atoms with Crippen molar-refractivity contribution in [3.8, 4) is 5.69 Å². The Morgan fingerprint density at radius 3 is 2.69 bits per heavy atom. The normalized spacial score (nSPS) is 10.7. The third-order valence-electron chi connectivity index (χ3n) is 2.55. The monoisotopic (exact) mass is 236 g/mol. The van der Waals surface area contributed by atoms with Crippen LogP contribution in [0.3, 0.4) is 0 Å². The third-order valence-corrected chi connectivity index (χ3v) is 2.85. The van der Waals surface area contributed by atoms with Crippen LogP contribution in [0.2, 0.25) is 0 Å². The summed E-state index contributed by atoms with van der Waals surface area (Å²) < 4.78 is 15.5. The van der Waals surface area contributed by atoms with Gasteiger partial charge in [-0.25, -0.2) is 9.07 Å². The van der Waals surface area contributed by atoms with Crippen LogP contribution in [0.1, 0.15) is 18.2 Å². The van der Waals surface area contributed by atoms with E-state index in [0.29, 0.717) is 4.64 Å². The summed E-state index contributed by atoms with van der Waals surface area (Å²) in [5.74, 6) is -0.227. The van der Waals surface area contributed by atoms with E-state index >= 15 is 0 Å². The first-order valence-corrected chi connectivity index (χ1v) is 5.60. The van der Waals surface area contributed by atoms with Gasteiger partial charge in [0.1, 0.15) is 10.5 Å². The smallest absolute Gasteiger partial charge is 0.127 e. The van der Waals surface area contributed by atoms with E-state index < -0.39 is 0 Å². The molecule has 0 radical (unpaired) electrons. The Hall–Kier alpha value is -1.42. The summed E-state index contributed by atoms with van der Waals surface area (Å²) in [5.41, 5.74) is 2.83. The molecule has 0 aliphatic heterocycles. The highest BCUT2D eigenvalue weighted by molar-refractivity contribution is 7.71. The van der Waals surface area contributed by atoms with Gasteiger partial charge in [0, 0.05) is 5.69 Å². The molecule has 0 fully saturated rings. The van der Waals surface area contributed by atoms with E-state index in [9.17, 15) is 4.39 Å². The number of nitrogens with zero attached hydrogens (tertiary/aromatic N) is 1. The molecule has 2 aromatic rings. The lowest BCUT2D eigenvalue weighted by Gasteiger charge is -2.06. The highest BCUT2D eigenvalue weighted by atomic mass is 32.1. The van der Waals surface area contributed by atoms with Crippen LogP contribution in [0, 0.1) is 17.4 Å². The number of halogens is 1. The Kier molecular flexibility index (Phi) is 2.92. The van der Waals surface area contributed by atoms with Crippen LogP contribution in [-0.2, 0) is 6.42 Å². The first kappa shape index (κ1) is 11.1. The van der Waals surface area contributed by atoms with Crippen molar-refractivity contribution in [2.75, 3.05) is 0 Å². The Morgan fingerprint density at radius 1 is 1.38 bits per heavy atom. The standard InChI is InChI=1S/C12H13FN2S/c1-3-10-7-12(16)15(14-10)11-5-4-9(13)6-8(11)2/h4-7,14H,3H2,1-2H3. The van der Waals surface area contributed by atoms with Gasteiger partial charge in [0.05, 0.1) is 5.69 Å². The van der Waals surface area contributed by atoms with Crippen molar-refractivity contribution in [2.45, 2.75) is 20.3 Å². The largest absolute Gasteiger partial charge is 0.297 e. The molecule has 2 rings (SSSR count). The average Bonchev–Trinajstić information content (AvgIpc) is 2.60. The Balaban J connectivity index is 2.58. The summed E-state index contributed by atoms with van der Waals surface area (Å²) in [6.07, 6.45) is 0.900. The van der Waals surface area contributed by atoms with Gasteiger partial charge in [-0.2, -0.15) is 0 Å². The van der Waals surface area contributed by atoms with E-state index in [4.69, 9.17) is 12.2 Å². The first-order chi connectivity index (χ1) is 7.61. The molecular formula is C12H13FN2S. The van der Waals surface area contributed by atoms with Crippen LogP contribution in [-0.4, -0.2) is 9.78 Å². The molecule has 0 saturated carbocycles. The minimum atomic E-state index is -0.227. The van der Waals surface area contributed by atoms with E-state index in [1.54, 1.807) is 6.07 Å². The van der Waals surface area contributed by atoms with Gasteiger partial charge in [0.2, 0.25) is 0 Å². The van der Waals surface area contributed by atoms with Crippen molar-refractivity contribution in [1.82, 2.24) is 9.78 Å². The number of aromatic nitrogens is 2. The van der Waals surface area contributed by atoms with Crippen molar-refractivity contribution in [3.05, 3.63) is 46.0 Å². The zero-order valence-electron chi connectivity index (χ0n) is 9.25. The van der Waals surface area contributed by atoms with Crippen molar-refractivity contribution >= 4 is 12.2 Å². The molecule has 0 aliphatic carbocycles. The quantitative estimate of drug-likeness (QED) is 0.791. The van der Waals surface area contributed by atoms with Gasteiger partial charge in [-0.15, -0.1) is 0 Å². The van der Waals surface area contributed by atoms with Crippen LogP contribution < -0.4 is 0 Å². The number of hydrogen-bond acceptors (Lipinski definition) is 1. The minimum absolute atomic E-state index is 0.227. The summed E-state index contributed by atoms with van der Waals surface area (Å²) in [5, 5.41) is 3.20. The lowest BCUT2D eigenvalue weighted by molar-refractivity contribution is 0.625. The SMILES string of the molecule is CCc1cc(=S)n(-c2ccc(F)cc2C)[nH]1. The van der Waals surface area contributed by atoms with Gasteiger partial charge in [0.25, 0.3) is 0 Å². The van der Waals surface area contributed by atoms with E-state index in [2.05, 4.69) is 12.0 Å². The molecule has 1 aromatic carbocycles. The summed E-state index contributed by atoms with van der Waals surface area (Å²) >= 11 is 5.25. The Bertz CT molecular complexity index is 569. The molecule has 16 heavy (non-hydrogen) atoms. The molecule has 0 aliphatic rings. The lowest BCUT2D eigenvalue weighted by Crippen LogP contribution is -2.00. The minimum Gasteiger partial charge on any atom is -0.297 e. The third kappa shape index (κ3) is 1.93. The van der Waals surface area contributed by atoms with Crippen LogP contribution in [0.4, 0.5) is 4.39 Å². The van der Waals surface area contributed by atoms with Gasteiger partial charge in [-0.05, 0) is 43.2 Å². The maximum absolute atomic E-state index is 13.0. The molecule has 0 spiro atoms. The predicted octanol–water partition coefficient (Wildman–Crippen LogP) is 3.54. The number of hydrogen-bond donors (Lipinski definition) is 1. The molecule has 2 nitrogen and oxygen atoms in total. The summed E-state index contributed by atoms with van der Waals surface area (Å²) in [4.78, 5) is 0. The molecule has 1 aromatic heterocycles. The van der Waals surface area contributed by atoms with Gasteiger partial charge in [-0.1, -0.05) is 19.1 Å². The summed E-state index contributed by atoms with van der Waals surface area (Å²) in [6.45, 7) is 3.93. The molecule has 0 bridgehead atoms. The number of rotatable bonds is 2. The fourth-order valence-electron chi connectivity index (χ4n) is 1.67. The number of aromatic amines is 1. The highest BCUT2D eigenvalue weighted by Crippen LogP contribution is 2.16. The molecule has 1 heterocycles. The fourth-order valence-corrected chi connectivity index (χ4v) is 1.96. The molecular weight excluding hydrogens is 223 g/mol. The van der Waals surface area contributed by atoms with Gasteiger partial charge in [0.15, 0.2) is 0 Å². The van der Waals surface area contributed by atoms with Crippen molar-refractivity contribution in [1.29, 1.82) is 0 Å². The second-order valence-corrected chi connectivity index (χ2v) is 4.16. The predicted molar refractivity (Wildman–Crippen MR) is 65.0 cm³/mol.